The molecule has 0 fully saturated rings. The fraction of sp³-hybridized carbons (Fsp3) is 0.400. The highest BCUT2D eigenvalue weighted by molar-refractivity contribution is 9.10. The summed E-state index contributed by atoms with van der Waals surface area (Å²) in [5.74, 6) is -1.29. The van der Waals surface area contributed by atoms with E-state index in [0.29, 0.717) is 17.6 Å². The van der Waals surface area contributed by atoms with Gasteiger partial charge in [0.15, 0.2) is 0 Å². The maximum atomic E-state index is 13.3. The highest BCUT2D eigenvalue weighted by atomic mass is 79.9. The molecule has 90 valence electrons. The van der Waals surface area contributed by atoms with Crippen molar-refractivity contribution in [3.05, 3.63) is 28.2 Å². The first-order valence-corrected chi connectivity index (χ1v) is 5.51. The summed E-state index contributed by atoms with van der Waals surface area (Å²) < 4.78 is 31.3. The van der Waals surface area contributed by atoms with E-state index in [1.54, 1.807) is 0 Å². The van der Waals surface area contributed by atoms with Gasteiger partial charge in [0, 0.05) is 17.1 Å². The third-order valence-corrected chi connectivity index (χ3v) is 2.42. The number of aliphatic hydroxyl groups excluding tert-OH is 1. The van der Waals surface area contributed by atoms with E-state index < -0.39 is 11.6 Å². The van der Waals surface area contributed by atoms with Crippen molar-refractivity contribution in [3.8, 4) is 0 Å². The SMILES string of the molecule is OCCOCCNc1c(F)cc(F)cc1Br. The van der Waals surface area contributed by atoms with Crippen molar-refractivity contribution in [2.24, 2.45) is 0 Å². The van der Waals surface area contributed by atoms with Crippen LogP contribution >= 0.6 is 15.9 Å². The van der Waals surface area contributed by atoms with Crippen molar-refractivity contribution in [2.45, 2.75) is 0 Å². The zero-order chi connectivity index (χ0) is 12.0. The van der Waals surface area contributed by atoms with E-state index in [-0.39, 0.29) is 18.9 Å². The molecular weight excluding hydrogens is 284 g/mol. The maximum absolute atomic E-state index is 13.3. The quantitative estimate of drug-likeness (QED) is 0.790. The highest BCUT2D eigenvalue weighted by Gasteiger charge is 2.08. The van der Waals surface area contributed by atoms with E-state index in [0.717, 1.165) is 6.07 Å². The van der Waals surface area contributed by atoms with Gasteiger partial charge in [-0.05, 0) is 22.0 Å². The number of halogens is 3. The van der Waals surface area contributed by atoms with Crippen molar-refractivity contribution in [2.75, 3.05) is 31.7 Å². The third kappa shape index (κ3) is 4.03. The number of benzene rings is 1. The molecule has 16 heavy (non-hydrogen) atoms. The Hall–Kier alpha value is -0.720. The van der Waals surface area contributed by atoms with Crippen molar-refractivity contribution in [3.63, 3.8) is 0 Å². The summed E-state index contributed by atoms with van der Waals surface area (Å²) in [6, 6.07) is 1.99. The Labute approximate surface area is 101 Å². The molecule has 1 rings (SSSR count). The van der Waals surface area contributed by atoms with Gasteiger partial charge in [-0.25, -0.2) is 8.78 Å². The number of hydrogen-bond donors (Lipinski definition) is 2. The van der Waals surface area contributed by atoms with Crippen LogP contribution in [0.1, 0.15) is 0 Å². The third-order valence-electron chi connectivity index (χ3n) is 1.79. The maximum Gasteiger partial charge on any atom is 0.150 e. The van der Waals surface area contributed by atoms with Gasteiger partial charge >= 0.3 is 0 Å². The highest BCUT2D eigenvalue weighted by Crippen LogP contribution is 2.26. The lowest BCUT2D eigenvalue weighted by Crippen LogP contribution is -2.12. The number of ether oxygens (including phenoxy) is 1. The standard InChI is InChI=1S/C10H12BrF2NO2/c11-8-5-7(12)6-9(13)10(8)14-1-3-16-4-2-15/h5-6,14-15H,1-4H2. The van der Waals surface area contributed by atoms with Crippen LogP contribution in [0.5, 0.6) is 0 Å². The molecule has 0 bridgehead atoms. The fourth-order valence-corrected chi connectivity index (χ4v) is 1.67. The van der Waals surface area contributed by atoms with Crippen LogP contribution in [0.2, 0.25) is 0 Å². The minimum Gasteiger partial charge on any atom is -0.394 e. The molecule has 0 aliphatic heterocycles. The minimum atomic E-state index is -0.658. The van der Waals surface area contributed by atoms with Crippen LogP contribution in [-0.4, -0.2) is 31.5 Å². The van der Waals surface area contributed by atoms with Crippen LogP contribution in [0.15, 0.2) is 16.6 Å². The molecule has 0 aromatic heterocycles. The Kier molecular flexibility index (Phi) is 5.65. The zero-order valence-electron chi connectivity index (χ0n) is 8.47. The Balaban J connectivity index is 2.47. The summed E-state index contributed by atoms with van der Waals surface area (Å²) in [5.41, 5.74) is 0.203. The zero-order valence-corrected chi connectivity index (χ0v) is 10.1. The van der Waals surface area contributed by atoms with E-state index in [9.17, 15) is 8.78 Å². The monoisotopic (exact) mass is 295 g/mol. The van der Waals surface area contributed by atoms with Gasteiger partial charge in [0.05, 0.1) is 25.5 Å². The lowest BCUT2D eigenvalue weighted by Gasteiger charge is -2.09. The van der Waals surface area contributed by atoms with Gasteiger partial charge in [-0.1, -0.05) is 0 Å². The normalized spacial score (nSPS) is 10.5. The second kappa shape index (κ2) is 6.78. The topological polar surface area (TPSA) is 41.5 Å². The molecule has 1 aromatic rings. The summed E-state index contributed by atoms with van der Waals surface area (Å²) in [5, 5.41) is 11.2. The number of anilines is 1. The minimum absolute atomic E-state index is 0.0470. The Morgan fingerprint density at radius 2 is 2.06 bits per heavy atom. The number of nitrogens with one attached hydrogen (secondary N) is 1. The Bertz CT molecular complexity index is 327. The lowest BCUT2D eigenvalue weighted by molar-refractivity contribution is 0.0992. The first kappa shape index (κ1) is 13.3. The average molecular weight is 296 g/mol. The largest absolute Gasteiger partial charge is 0.394 e. The molecule has 0 radical (unpaired) electrons. The van der Waals surface area contributed by atoms with E-state index in [1.165, 1.54) is 6.07 Å². The van der Waals surface area contributed by atoms with Crippen molar-refractivity contribution in [1.82, 2.24) is 0 Å². The summed E-state index contributed by atoms with van der Waals surface area (Å²) in [4.78, 5) is 0. The summed E-state index contributed by atoms with van der Waals surface area (Å²) in [7, 11) is 0. The molecule has 6 heteroatoms. The summed E-state index contributed by atoms with van der Waals surface area (Å²) in [6.45, 7) is 0.911. The lowest BCUT2D eigenvalue weighted by atomic mass is 10.3. The molecular formula is C10H12BrF2NO2. The van der Waals surface area contributed by atoms with E-state index in [1.807, 2.05) is 0 Å². The molecule has 3 nitrogen and oxygen atoms in total. The van der Waals surface area contributed by atoms with Gasteiger partial charge in [0.2, 0.25) is 0 Å². The first-order valence-electron chi connectivity index (χ1n) is 4.72. The van der Waals surface area contributed by atoms with Gasteiger partial charge in [0.25, 0.3) is 0 Å². The van der Waals surface area contributed by atoms with Crippen molar-refractivity contribution in [1.29, 1.82) is 0 Å². The van der Waals surface area contributed by atoms with Crippen LogP contribution in [0.4, 0.5) is 14.5 Å². The second-order valence-corrected chi connectivity index (χ2v) is 3.86. The molecule has 0 amide bonds. The molecule has 2 N–H and O–H groups in total. The van der Waals surface area contributed by atoms with E-state index in [2.05, 4.69) is 21.2 Å². The second-order valence-electron chi connectivity index (χ2n) is 3.01. The van der Waals surface area contributed by atoms with Crippen LogP contribution in [-0.2, 0) is 4.74 Å². The van der Waals surface area contributed by atoms with Crippen molar-refractivity contribution < 1.29 is 18.6 Å². The molecule has 1 aromatic carbocycles. The molecule has 0 unspecified atom stereocenters. The number of hydrogen-bond acceptors (Lipinski definition) is 3. The van der Waals surface area contributed by atoms with Gasteiger partial charge < -0.3 is 15.2 Å². The van der Waals surface area contributed by atoms with Crippen LogP contribution in [0.25, 0.3) is 0 Å². The van der Waals surface area contributed by atoms with Gasteiger partial charge in [-0.3, -0.25) is 0 Å². The van der Waals surface area contributed by atoms with Crippen LogP contribution < -0.4 is 5.32 Å². The molecule has 0 saturated carbocycles. The smallest absolute Gasteiger partial charge is 0.150 e. The number of aliphatic hydroxyl groups is 1. The van der Waals surface area contributed by atoms with E-state index >= 15 is 0 Å². The number of rotatable bonds is 6. The molecule has 0 aliphatic rings. The van der Waals surface area contributed by atoms with Crippen LogP contribution in [0.3, 0.4) is 0 Å². The van der Waals surface area contributed by atoms with Gasteiger partial charge in [0.1, 0.15) is 11.6 Å². The summed E-state index contributed by atoms with van der Waals surface area (Å²) in [6.07, 6.45) is 0. The van der Waals surface area contributed by atoms with Crippen molar-refractivity contribution >= 4 is 21.6 Å². The average Bonchev–Trinajstić information content (AvgIpc) is 2.20. The van der Waals surface area contributed by atoms with Gasteiger partial charge in [-0.2, -0.15) is 0 Å². The predicted molar refractivity (Wildman–Crippen MR) is 60.5 cm³/mol. The van der Waals surface area contributed by atoms with E-state index in [4.69, 9.17) is 9.84 Å². The molecule has 0 aliphatic carbocycles. The first-order chi connectivity index (χ1) is 7.65. The van der Waals surface area contributed by atoms with Crippen LogP contribution in [0, 0.1) is 11.6 Å². The van der Waals surface area contributed by atoms with Gasteiger partial charge in [-0.15, -0.1) is 0 Å². The fourth-order valence-electron chi connectivity index (χ4n) is 1.13. The predicted octanol–water partition coefficient (Wildman–Crippen LogP) is 2.15. The molecule has 0 spiro atoms. The Morgan fingerprint density at radius 1 is 1.31 bits per heavy atom. The molecule has 0 atom stereocenters. The summed E-state index contributed by atoms with van der Waals surface area (Å²) >= 11 is 3.06. The molecule has 0 heterocycles. The Morgan fingerprint density at radius 3 is 2.69 bits per heavy atom. The molecule has 0 saturated heterocycles.